The first kappa shape index (κ1) is 22.7. The van der Waals surface area contributed by atoms with Crippen molar-refractivity contribution in [1.82, 2.24) is 10.6 Å². The maximum absolute atomic E-state index is 6.12. The minimum atomic E-state index is 0.164. The van der Waals surface area contributed by atoms with E-state index in [2.05, 4.69) is 59.5 Å². The van der Waals surface area contributed by atoms with E-state index in [1.165, 1.54) is 18.5 Å². The SMILES string of the molecule is CN=C(NCC1CCN(c2cccc(OC)c2)C1)NCC1CCCOC1C(C)(C)C. The highest BCUT2D eigenvalue weighted by Gasteiger charge is 2.35. The van der Waals surface area contributed by atoms with Crippen LogP contribution < -0.4 is 20.3 Å². The maximum Gasteiger partial charge on any atom is 0.190 e. The summed E-state index contributed by atoms with van der Waals surface area (Å²) in [6, 6.07) is 8.34. The zero-order valence-corrected chi connectivity index (χ0v) is 19.4. The molecule has 30 heavy (non-hydrogen) atoms. The van der Waals surface area contributed by atoms with Gasteiger partial charge in [0.05, 0.1) is 13.2 Å². The lowest BCUT2D eigenvalue weighted by Gasteiger charge is -2.40. The fraction of sp³-hybridized carbons (Fsp3) is 0.708. The van der Waals surface area contributed by atoms with Crippen molar-refractivity contribution in [3.05, 3.63) is 24.3 Å². The van der Waals surface area contributed by atoms with Crippen LogP contribution in [-0.4, -0.2) is 59.0 Å². The molecule has 1 aromatic rings. The highest BCUT2D eigenvalue weighted by molar-refractivity contribution is 5.79. The first-order chi connectivity index (χ1) is 14.4. The normalized spacial score (nSPS) is 25.3. The van der Waals surface area contributed by atoms with Crippen molar-refractivity contribution in [3.8, 4) is 5.75 Å². The molecule has 2 fully saturated rings. The van der Waals surface area contributed by atoms with Crippen LogP contribution in [0, 0.1) is 17.3 Å². The number of nitrogens with one attached hydrogen (secondary N) is 2. The molecule has 168 valence electrons. The van der Waals surface area contributed by atoms with E-state index in [0.717, 1.165) is 50.9 Å². The van der Waals surface area contributed by atoms with Gasteiger partial charge in [-0.15, -0.1) is 0 Å². The lowest BCUT2D eigenvalue weighted by molar-refractivity contribution is -0.0835. The predicted octanol–water partition coefficient (Wildman–Crippen LogP) is 3.53. The molecule has 2 saturated heterocycles. The van der Waals surface area contributed by atoms with E-state index in [1.54, 1.807) is 7.11 Å². The number of guanidine groups is 1. The predicted molar refractivity (Wildman–Crippen MR) is 125 cm³/mol. The van der Waals surface area contributed by atoms with Gasteiger partial charge in [0.15, 0.2) is 5.96 Å². The van der Waals surface area contributed by atoms with Gasteiger partial charge in [0, 0.05) is 57.5 Å². The Kier molecular flexibility index (Phi) is 7.87. The fourth-order valence-corrected chi connectivity index (χ4v) is 4.74. The Morgan fingerprint density at radius 2 is 2.03 bits per heavy atom. The molecule has 2 aliphatic heterocycles. The molecule has 2 aliphatic rings. The van der Waals surface area contributed by atoms with Crippen LogP contribution in [0.1, 0.15) is 40.0 Å². The summed E-state index contributed by atoms with van der Waals surface area (Å²) in [7, 11) is 3.57. The number of hydrogen-bond donors (Lipinski definition) is 2. The van der Waals surface area contributed by atoms with E-state index in [9.17, 15) is 0 Å². The summed E-state index contributed by atoms with van der Waals surface area (Å²) in [6.45, 7) is 11.7. The van der Waals surface area contributed by atoms with Crippen molar-refractivity contribution in [2.45, 2.75) is 46.1 Å². The monoisotopic (exact) mass is 416 g/mol. The zero-order valence-electron chi connectivity index (χ0n) is 19.4. The van der Waals surface area contributed by atoms with Crippen molar-refractivity contribution in [1.29, 1.82) is 0 Å². The summed E-state index contributed by atoms with van der Waals surface area (Å²) in [4.78, 5) is 6.89. The second-order valence-electron chi connectivity index (χ2n) is 9.70. The largest absolute Gasteiger partial charge is 0.497 e. The second kappa shape index (κ2) is 10.4. The molecule has 2 N–H and O–H groups in total. The topological polar surface area (TPSA) is 58.1 Å². The number of ether oxygens (including phenoxy) is 2. The van der Waals surface area contributed by atoms with Gasteiger partial charge in [-0.25, -0.2) is 0 Å². The van der Waals surface area contributed by atoms with Crippen LogP contribution >= 0.6 is 0 Å². The summed E-state index contributed by atoms with van der Waals surface area (Å²) < 4.78 is 11.5. The van der Waals surface area contributed by atoms with Gasteiger partial charge < -0.3 is 25.0 Å². The van der Waals surface area contributed by atoms with Gasteiger partial charge in [0.1, 0.15) is 5.75 Å². The van der Waals surface area contributed by atoms with E-state index in [0.29, 0.717) is 17.9 Å². The van der Waals surface area contributed by atoms with Crippen molar-refractivity contribution in [2.75, 3.05) is 51.8 Å². The van der Waals surface area contributed by atoms with Crippen LogP contribution in [-0.2, 0) is 4.74 Å². The Morgan fingerprint density at radius 3 is 2.77 bits per heavy atom. The van der Waals surface area contributed by atoms with Crippen LogP contribution in [0.15, 0.2) is 29.3 Å². The van der Waals surface area contributed by atoms with Crippen molar-refractivity contribution < 1.29 is 9.47 Å². The molecule has 6 heteroatoms. The third-order valence-electron chi connectivity index (χ3n) is 6.32. The van der Waals surface area contributed by atoms with Crippen LogP contribution in [0.2, 0.25) is 0 Å². The molecule has 1 aromatic carbocycles. The van der Waals surface area contributed by atoms with Crippen molar-refractivity contribution >= 4 is 11.6 Å². The number of aliphatic imine (C=N–C) groups is 1. The molecule has 0 amide bonds. The Labute approximate surface area is 182 Å². The summed E-state index contributed by atoms with van der Waals surface area (Å²) in [5.74, 6) is 2.94. The number of anilines is 1. The smallest absolute Gasteiger partial charge is 0.190 e. The van der Waals surface area contributed by atoms with Gasteiger partial charge in [-0.1, -0.05) is 26.8 Å². The van der Waals surface area contributed by atoms with Gasteiger partial charge in [-0.2, -0.15) is 0 Å². The van der Waals surface area contributed by atoms with Crippen LogP contribution in [0.3, 0.4) is 0 Å². The van der Waals surface area contributed by atoms with Gasteiger partial charge in [0.2, 0.25) is 0 Å². The average molecular weight is 417 g/mol. The minimum Gasteiger partial charge on any atom is -0.497 e. The zero-order chi connectivity index (χ0) is 21.6. The highest BCUT2D eigenvalue weighted by atomic mass is 16.5. The third kappa shape index (κ3) is 6.03. The third-order valence-corrected chi connectivity index (χ3v) is 6.32. The molecule has 3 unspecified atom stereocenters. The van der Waals surface area contributed by atoms with Gasteiger partial charge >= 0.3 is 0 Å². The summed E-state index contributed by atoms with van der Waals surface area (Å²) in [6.07, 6.45) is 3.84. The fourth-order valence-electron chi connectivity index (χ4n) is 4.74. The standard InChI is InChI=1S/C24H40N4O2/c1-24(2,3)22-19(8-7-13-30-22)16-27-23(25-4)26-15-18-11-12-28(17-18)20-9-6-10-21(14-20)29-5/h6,9-10,14,18-19,22H,7-8,11-13,15-17H2,1-5H3,(H2,25,26,27). The molecular weight excluding hydrogens is 376 g/mol. The first-order valence-electron chi connectivity index (χ1n) is 11.4. The number of benzene rings is 1. The Hall–Kier alpha value is -1.95. The molecule has 3 atom stereocenters. The quantitative estimate of drug-likeness (QED) is 0.549. The van der Waals surface area contributed by atoms with Crippen LogP contribution in [0.25, 0.3) is 0 Å². The Bertz CT molecular complexity index is 701. The van der Waals surface area contributed by atoms with E-state index in [-0.39, 0.29) is 5.41 Å². The van der Waals surface area contributed by atoms with E-state index in [1.807, 2.05) is 13.1 Å². The molecular formula is C24H40N4O2. The van der Waals surface area contributed by atoms with Gasteiger partial charge in [-0.3, -0.25) is 4.99 Å². The molecule has 0 aromatic heterocycles. The average Bonchev–Trinajstić information content (AvgIpc) is 3.22. The van der Waals surface area contributed by atoms with Crippen LogP contribution in [0.5, 0.6) is 5.75 Å². The Morgan fingerprint density at radius 1 is 1.23 bits per heavy atom. The second-order valence-corrected chi connectivity index (χ2v) is 9.70. The highest BCUT2D eigenvalue weighted by Crippen LogP contribution is 2.33. The minimum absolute atomic E-state index is 0.164. The lowest BCUT2D eigenvalue weighted by Crippen LogP contribution is -2.48. The Balaban J connectivity index is 1.45. The molecule has 0 radical (unpaired) electrons. The molecule has 0 saturated carbocycles. The number of hydrogen-bond acceptors (Lipinski definition) is 4. The number of rotatable bonds is 6. The lowest BCUT2D eigenvalue weighted by atomic mass is 9.78. The molecule has 0 spiro atoms. The number of nitrogens with zero attached hydrogens (tertiary/aromatic N) is 2. The summed E-state index contributed by atoms with van der Waals surface area (Å²) in [5, 5.41) is 7.10. The molecule has 6 nitrogen and oxygen atoms in total. The first-order valence-corrected chi connectivity index (χ1v) is 11.4. The van der Waals surface area contributed by atoms with Crippen molar-refractivity contribution in [3.63, 3.8) is 0 Å². The van der Waals surface area contributed by atoms with E-state index >= 15 is 0 Å². The van der Waals surface area contributed by atoms with E-state index < -0.39 is 0 Å². The summed E-state index contributed by atoms with van der Waals surface area (Å²) >= 11 is 0. The number of methoxy groups -OCH3 is 1. The molecule has 0 aliphatic carbocycles. The van der Waals surface area contributed by atoms with Gasteiger partial charge in [-0.05, 0) is 42.7 Å². The van der Waals surface area contributed by atoms with Gasteiger partial charge in [0.25, 0.3) is 0 Å². The molecule has 3 rings (SSSR count). The summed E-state index contributed by atoms with van der Waals surface area (Å²) in [5.41, 5.74) is 1.40. The van der Waals surface area contributed by atoms with Crippen LogP contribution in [0.4, 0.5) is 5.69 Å². The molecule has 0 bridgehead atoms. The maximum atomic E-state index is 6.12. The van der Waals surface area contributed by atoms with E-state index in [4.69, 9.17) is 9.47 Å². The van der Waals surface area contributed by atoms with Crippen molar-refractivity contribution in [2.24, 2.45) is 22.2 Å². The molecule has 2 heterocycles.